The highest BCUT2D eigenvalue weighted by Crippen LogP contribution is 2.50. The second-order valence-electron chi connectivity index (χ2n) is 3.80. The normalized spacial score (nSPS) is 37.0. The molecular formula is C8H15N. The minimum atomic E-state index is 0.744. The minimum Gasteiger partial charge on any atom is -0.292 e. The largest absolute Gasteiger partial charge is 0.292 e. The van der Waals surface area contributed by atoms with Gasteiger partial charge in [0.1, 0.15) is 0 Å². The predicted molar refractivity (Wildman–Crippen MR) is 38.4 cm³/mol. The third kappa shape index (κ3) is 0.644. The molecule has 0 bridgehead atoms. The summed E-state index contributed by atoms with van der Waals surface area (Å²) in [5, 5.41) is 0. The molecule has 2 rings (SSSR count). The molecule has 0 aromatic carbocycles. The number of rotatable bonds is 1. The van der Waals surface area contributed by atoms with Crippen LogP contribution in [0.3, 0.4) is 0 Å². The van der Waals surface area contributed by atoms with E-state index in [2.05, 4.69) is 18.7 Å². The fourth-order valence-corrected chi connectivity index (χ4v) is 2.04. The Balaban J connectivity index is 1.94. The molecule has 9 heavy (non-hydrogen) atoms. The molecule has 0 radical (unpaired) electrons. The fourth-order valence-electron chi connectivity index (χ4n) is 2.04. The predicted octanol–water partition coefficient (Wildman–Crippen LogP) is 1.63. The maximum atomic E-state index is 2.62. The van der Waals surface area contributed by atoms with Crippen LogP contribution in [-0.2, 0) is 0 Å². The maximum Gasteiger partial charge on any atom is 0.0340 e. The topological polar surface area (TPSA) is 3.01 Å². The summed E-state index contributed by atoms with van der Waals surface area (Å²) in [6, 6.07) is 0.797. The molecule has 0 N–H and O–H groups in total. The first-order chi connectivity index (χ1) is 4.25. The van der Waals surface area contributed by atoms with Crippen LogP contribution in [0.2, 0.25) is 0 Å². The molecule has 1 atom stereocenters. The molecule has 0 amide bonds. The Hall–Kier alpha value is -0.0400. The first kappa shape index (κ1) is 5.72. The van der Waals surface area contributed by atoms with Crippen LogP contribution in [0.4, 0.5) is 0 Å². The quantitative estimate of drug-likeness (QED) is 0.481. The molecular weight excluding hydrogens is 110 g/mol. The second-order valence-corrected chi connectivity index (χ2v) is 3.80. The fraction of sp³-hybridized carbons (Fsp3) is 1.00. The van der Waals surface area contributed by atoms with Crippen LogP contribution >= 0.6 is 0 Å². The molecule has 52 valence electrons. The average Bonchev–Trinajstić information content (AvgIpc) is 2.34. The van der Waals surface area contributed by atoms with Gasteiger partial charge in [0, 0.05) is 18.1 Å². The van der Waals surface area contributed by atoms with E-state index in [1.54, 1.807) is 0 Å². The third-order valence-electron chi connectivity index (χ3n) is 2.88. The molecule has 2 aliphatic rings. The van der Waals surface area contributed by atoms with Gasteiger partial charge in [-0.15, -0.1) is 0 Å². The van der Waals surface area contributed by atoms with E-state index in [1.165, 1.54) is 25.8 Å². The minimum absolute atomic E-state index is 0.744. The molecule has 1 unspecified atom stereocenters. The maximum absolute atomic E-state index is 2.62. The zero-order valence-corrected chi connectivity index (χ0v) is 6.35. The first-order valence-corrected chi connectivity index (χ1v) is 4.01. The van der Waals surface area contributed by atoms with Crippen LogP contribution in [-0.4, -0.2) is 23.0 Å². The molecule has 1 aliphatic carbocycles. The van der Waals surface area contributed by atoms with Crippen molar-refractivity contribution in [1.82, 2.24) is 4.90 Å². The zero-order chi connectivity index (χ0) is 6.48. The van der Waals surface area contributed by atoms with Gasteiger partial charge in [-0.1, -0.05) is 0 Å². The van der Waals surface area contributed by atoms with E-state index in [0.717, 1.165) is 11.6 Å². The lowest BCUT2D eigenvalue weighted by Crippen LogP contribution is -2.30. The van der Waals surface area contributed by atoms with Gasteiger partial charge in [-0.05, 0) is 33.1 Å². The van der Waals surface area contributed by atoms with Crippen molar-refractivity contribution in [2.24, 2.45) is 0 Å². The lowest BCUT2D eigenvalue weighted by Gasteiger charge is -2.27. The van der Waals surface area contributed by atoms with Gasteiger partial charge in [-0.3, -0.25) is 4.90 Å². The van der Waals surface area contributed by atoms with Crippen molar-refractivity contribution in [3.63, 3.8) is 0 Å². The van der Waals surface area contributed by atoms with Crippen molar-refractivity contribution in [3.05, 3.63) is 0 Å². The molecule has 1 nitrogen and oxygen atoms in total. The smallest absolute Gasteiger partial charge is 0.0340 e. The Morgan fingerprint density at radius 2 is 2.00 bits per heavy atom. The van der Waals surface area contributed by atoms with E-state index >= 15 is 0 Å². The van der Waals surface area contributed by atoms with Crippen LogP contribution in [0.25, 0.3) is 0 Å². The standard InChI is InChI=1S/C8H15N/c1-7(2)9-6-8(9)4-3-5-8/h7H,3-6H2,1-2H3. The number of nitrogens with zero attached hydrogens (tertiary/aromatic N) is 1. The first-order valence-electron chi connectivity index (χ1n) is 4.01. The summed E-state index contributed by atoms with van der Waals surface area (Å²) in [5.74, 6) is 0. The lowest BCUT2D eigenvalue weighted by molar-refractivity contribution is 0.245. The molecule has 0 aromatic heterocycles. The molecule has 0 aromatic rings. The van der Waals surface area contributed by atoms with E-state index in [4.69, 9.17) is 0 Å². The molecule has 1 heteroatoms. The van der Waals surface area contributed by atoms with Crippen LogP contribution in [0.5, 0.6) is 0 Å². The van der Waals surface area contributed by atoms with Crippen LogP contribution < -0.4 is 0 Å². The summed E-state index contributed by atoms with van der Waals surface area (Å²) in [6.45, 7) is 5.99. The number of hydrogen-bond donors (Lipinski definition) is 0. The summed E-state index contributed by atoms with van der Waals surface area (Å²) in [5.41, 5.74) is 0.744. The van der Waals surface area contributed by atoms with Crippen LogP contribution in [0.1, 0.15) is 33.1 Å². The van der Waals surface area contributed by atoms with Crippen molar-refractivity contribution in [1.29, 1.82) is 0 Å². The SMILES string of the molecule is CC(C)N1CC12CCC2. The molecule has 1 heterocycles. The van der Waals surface area contributed by atoms with E-state index in [9.17, 15) is 0 Å². The summed E-state index contributed by atoms with van der Waals surface area (Å²) in [4.78, 5) is 2.62. The van der Waals surface area contributed by atoms with Gasteiger partial charge in [-0.25, -0.2) is 0 Å². The van der Waals surface area contributed by atoms with E-state index in [-0.39, 0.29) is 0 Å². The van der Waals surface area contributed by atoms with Crippen molar-refractivity contribution < 1.29 is 0 Å². The summed E-state index contributed by atoms with van der Waals surface area (Å²) in [7, 11) is 0. The molecule has 2 fully saturated rings. The van der Waals surface area contributed by atoms with E-state index < -0.39 is 0 Å². The average molecular weight is 125 g/mol. The Kier molecular flexibility index (Phi) is 0.963. The van der Waals surface area contributed by atoms with Crippen molar-refractivity contribution >= 4 is 0 Å². The van der Waals surface area contributed by atoms with Gasteiger partial charge in [0.25, 0.3) is 0 Å². The van der Waals surface area contributed by atoms with Gasteiger partial charge >= 0.3 is 0 Å². The molecule has 1 spiro atoms. The third-order valence-corrected chi connectivity index (χ3v) is 2.88. The lowest BCUT2D eigenvalue weighted by atomic mass is 9.84. The number of hydrogen-bond acceptors (Lipinski definition) is 1. The highest BCUT2D eigenvalue weighted by atomic mass is 15.4. The Labute approximate surface area is 57.0 Å². The van der Waals surface area contributed by atoms with Crippen molar-refractivity contribution in [2.75, 3.05) is 6.54 Å². The van der Waals surface area contributed by atoms with E-state index in [1.807, 2.05) is 0 Å². The van der Waals surface area contributed by atoms with Crippen molar-refractivity contribution in [2.45, 2.75) is 44.7 Å². The summed E-state index contributed by atoms with van der Waals surface area (Å²) < 4.78 is 0. The highest BCUT2D eigenvalue weighted by molar-refractivity contribution is 5.13. The monoisotopic (exact) mass is 125 g/mol. The van der Waals surface area contributed by atoms with Gasteiger partial charge < -0.3 is 0 Å². The van der Waals surface area contributed by atoms with E-state index in [0.29, 0.717) is 0 Å². The van der Waals surface area contributed by atoms with Gasteiger partial charge in [-0.2, -0.15) is 0 Å². The van der Waals surface area contributed by atoms with Crippen LogP contribution in [0, 0.1) is 0 Å². The van der Waals surface area contributed by atoms with Crippen molar-refractivity contribution in [3.8, 4) is 0 Å². The molecule has 1 aliphatic heterocycles. The second kappa shape index (κ2) is 1.51. The van der Waals surface area contributed by atoms with Crippen LogP contribution in [0.15, 0.2) is 0 Å². The summed E-state index contributed by atoms with van der Waals surface area (Å²) >= 11 is 0. The van der Waals surface area contributed by atoms with Gasteiger partial charge in [0.05, 0.1) is 0 Å². The molecule has 1 saturated heterocycles. The zero-order valence-electron chi connectivity index (χ0n) is 6.35. The van der Waals surface area contributed by atoms with Gasteiger partial charge in [0.15, 0.2) is 0 Å². The highest BCUT2D eigenvalue weighted by Gasteiger charge is 2.56. The Bertz CT molecular complexity index is 125. The Morgan fingerprint density at radius 3 is 2.11 bits per heavy atom. The van der Waals surface area contributed by atoms with Gasteiger partial charge in [0.2, 0.25) is 0 Å². The molecule has 1 saturated carbocycles. The Morgan fingerprint density at radius 1 is 1.33 bits per heavy atom. The summed E-state index contributed by atoms with van der Waals surface area (Å²) in [6.07, 6.45) is 4.43.